The Kier molecular flexibility index (Phi) is 7.39. The molecule has 0 bridgehead atoms. The van der Waals surface area contributed by atoms with Crippen molar-refractivity contribution >= 4 is 23.4 Å². The van der Waals surface area contributed by atoms with Gasteiger partial charge in [0, 0.05) is 16.6 Å². The molecular weight excluding hydrogens is 300 g/mol. The topological polar surface area (TPSA) is 58.2 Å². The van der Waals surface area contributed by atoms with Gasteiger partial charge in [-0.2, -0.15) is 0 Å². The molecule has 0 spiro atoms. The molecule has 2 amide bonds. The Morgan fingerprint density at radius 2 is 1.68 bits per heavy atom. The molecule has 0 heterocycles. The number of nitrogens with one attached hydrogen (secondary N) is 2. The average molecular weight is 325 g/mol. The maximum atomic E-state index is 12.3. The molecule has 0 aliphatic carbocycles. The molecule has 22 heavy (non-hydrogen) atoms. The van der Waals surface area contributed by atoms with Crippen molar-refractivity contribution in [3.05, 3.63) is 34.9 Å². The molecule has 0 radical (unpaired) electrons. The lowest BCUT2D eigenvalue weighted by atomic mass is 10.0. The summed E-state index contributed by atoms with van der Waals surface area (Å²) in [6, 6.07) is 6.18. The molecule has 0 aliphatic heterocycles. The van der Waals surface area contributed by atoms with Gasteiger partial charge in [-0.15, -0.1) is 0 Å². The first-order chi connectivity index (χ1) is 10.3. The van der Waals surface area contributed by atoms with E-state index in [2.05, 4.69) is 10.6 Å². The monoisotopic (exact) mass is 324 g/mol. The first kappa shape index (κ1) is 18.5. The second kappa shape index (κ2) is 8.79. The number of carbonyl (C=O) groups excluding carboxylic acids is 2. The van der Waals surface area contributed by atoms with E-state index in [1.54, 1.807) is 24.3 Å². The van der Waals surface area contributed by atoms with Gasteiger partial charge >= 0.3 is 0 Å². The SMILES string of the molecule is CCC(C)NC(=O)C(CC(C)C)NC(=O)c1ccc(Cl)cc1. The second-order valence-electron chi connectivity index (χ2n) is 5.98. The Morgan fingerprint density at radius 1 is 1.09 bits per heavy atom. The fourth-order valence-electron chi connectivity index (χ4n) is 1.99. The van der Waals surface area contributed by atoms with Crippen LogP contribution in [0.5, 0.6) is 0 Å². The van der Waals surface area contributed by atoms with Crippen LogP contribution in [-0.4, -0.2) is 23.9 Å². The zero-order chi connectivity index (χ0) is 16.7. The Bertz CT molecular complexity index is 500. The summed E-state index contributed by atoms with van der Waals surface area (Å²) in [5, 5.41) is 6.32. The summed E-state index contributed by atoms with van der Waals surface area (Å²) < 4.78 is 0. The lowest BCUT2D eigenvalue weighted by molar-refractivity contribution is -0.124. The van der Waals surface area contributed by atoms with E-state index < -0.39 is 6.04 Å². The molecule has 0 saturated heterocycles. The Balaban J connectivity index is 2.77. The van der Waals surface area contributed by atoms with E-state index in [-0.39, 0.29) is 17.9 Å². The molecule has 2 unspecified atom stereocenters. The van der Waals surface area contributed by atoms with Crippen LogP contribution in [0.3, 0.4) is 0 Å². The molecule has 0 saturated carbocycles. The summed E-state index contributed by atoms with van der Waals surface area (Å²) in [7, 11) is 0. The third-order valence-corrected chi connectivity index (χ3v) is 3.69. The van der Waals surface area contributed by atoms with E-state index >= 15 is 0 Å². The van der Waals surface area contributed by atoms with Crippen LogP contribution in [0.25, 0.3) is 0 Å². The number of rotatable bonds is 7. The first-order valence-corrected chi connectivity index (χ1v) is 8.08. The molecular formula is C17H25ClN2O2. The minimum atomic E-state index is -0.530. The molecule has 4 nitrogen and oxygen atoms in total. The van der Waals surface area contributed by atoms with Gasteiger partial charge in [-0.1, -0.05) is 32.4 Å². The third-order valence-electron chi connectivity index (χ3n) is 3.44. The summed E-state index contributed by atoms with van der Waals surface area (Å²) in [6.45, 7) is 8.01. The number of amides is 2. The fraction of sp³-hybridized carbons (Fsp3) is 0.529. The zero-order valence-electron chi connectivity index (χ0n) is 13.7. The number of hydrogen-bond donors (Lipinski definition) is 2. The van der Waals surface area contributed by atoms with Crippen molar-refractivity contribution in [2.45, 2.75) is 52.6 Å². The van der Waals surface area contributed by atoms with Crippen molar-refractivity contribution < 1.29 is 9.59 Å². The smallest absolute Gasteiger partial charge is 0.251 e. The molecule has 2 atom stereocenters. The maximum Gasteiger partial charge on any atom is 0.251 e. The molecule has 1 rings (SSSR count). The normalized spacial score (nSPS) is 13.5. The highest BCUT2D eigenvalue weighted by Gasteiger charge is 2.23. The molecule has 5 heteroatoms. The minimum Gasteiger partial charge on any atom is -0.352 e. The molecule has 0 aliphatic rings. The van der Waals surface area contributed by atoms with Gasteiger partial charge in [-0.05, 0) is 49.9 Å². The molecule has 0 aromatic heterocycles. The molecule has 1 aromatic rings. The molecule has 2 N–H and O–H groups in total. The summed E-state index contributed by atoms with van der Waals surface area (Å²) in [5.74, 6) is -0.0924. The first-order valence-electron chi connectivity index (χ1n) is 7.70. The van der Waals surface area contributed by atoms with E-state index in [1.165, 1.54) is 0 Å². The van der Waals surface area contributed by atoms with Crippen LogP contribution in [0.15, 0.2) is 24.3 Å². The maximum absolute atomic E-state index is 12.3. The van der Waals surface area contributed by atoms with Crippen LogP contribution in [0.1, 0.15) is 50.9 Å². The van der Waals surface area contributed by atoms with Crippen LogP contribution >= 0.6 is 11.6 Å². The quantitative estimate of drug-likeness (QED) is 0.807. The molecule has 122 valence electrons. The number of halogens is 1. The number of benzene rings is 1. The van der Waals surface area contributed by atoms with Crippen LogP contribution < -0.4 is 10.6 Å². The molecule has 0 fully saturated rings. The average Bonchev–Trinajstić information content (AvgIpc) is 2.46. The predicted molar refractivity (Wildman–Crippen MR) is 90.1 cm³/mol. The molecule has 1 aromatic carbocycles. The summed E-state index contributed by atoms with van der Waals surface area (Å²) in [6.07, 6.45) is 1.45. The van der Waals surface area contributed by atoms with E-state index in [0.29, 0.717) is 22.9 Å². The van der Waals surface area contributed by atoms with Crippen molar-refractivity contribution in [3.8, 4) is 0 Å². The fourth-order valence-corrected chi connectivity index (χ4v) is 2.12. The van der Waals surface area contributed by atoms with Gasteiger partial charge < -0.3 is 10.6 Å². The summed E-state index contributed by atoms with van der Waals surface area (Å²) in [4.78, 5) is 24.6. The Hall–Kier alpha value is -1.55. The van der Waals surface area contributed by atoms with Crippen LogP contribution in [-0.2, 0) is 4.79 Å². The van der Waals surface area contributed by atoms with E-state index in [9.17, 15) is 9.59 Å². The Morgan fingerprint density at radius 3 is 2.18 bits per heavy atom. The van der Waals surface area contributed by atoms with Gasteiger partial charge in [-0.3, -0.25) is 9.59 Å². The summed E-state index contributed by atoms with van der Waals surface area (Å²) in [5.41, 5.74) is 0.495. The van der Waals surface area contributed by atoms with Crippen LogP contribution in [0.2, 0.25) is 5.02 Å². The van der Waals surface area contributed by atoms with E-state index in [4.69, 9.17) is 11.6 Å². The van der Waals surface area contributed by atoms with Gasteiger partial charge in [0.2, 0.25) is 5.91 Å². The van der Waals surface area contributed by atoms with Crippen molar-refractivity contribution in [2.75, 3.05) is 0 Å². The third kappa shape index (κ3) is 6.06. The van der Waals surface area contributed by atoms with Crippen LogP contribution in [0.4, 0.5) is 0 Å². The number of carbonyl (C=O) groups is 2. The lowest BCUT2D eigenvalue weighted by Crippen LogP contribution is -2.49. The van der Waals surface area contributed by atoms with Crippen molar-refractivity contribution in [3.63, 3.8) is 0 Å². The second-order valence-corrected chi connectivity index (χ2v) is 6.42. The van der Waals surface area contributed by atoms with Gasteiger partial charge in [0.1, 0.15) is 6.04 Å². The highest BCUT2D eigenvalue weighted by molar-refractivity contribution is 6.30. The van der Waals surface area contributed by atoms with Gasteiger partial charge in [-0.25, -0.2) is 0 Å². The van der Waals surface area contributed by atoms with Crippen LogP contribution in [0, 0.1) is 5.92 Å². The number of hydrogen-bond acceptors (Lipinski definition) is 2. The zero-order valence-corrected chi connectivity index (χ0v) is 14.4. The van der Waals surface area contributed by atoms with Crippen molar-refractivity contribution in [1.29, 1.82) is 0 Å². The minimum absolute atomic E-state index is 0.0922. The predicted octanol–water partition coefficient (Wildman–Crippen LogP) is 3.40. The van der Waals surface area contributed by atoms with Gasteiger partial charge in [0.15, 0.2) is 0 Å². The van der Waals surface area contributed by atoms with E-state index in [1.807, 2.05) is 27.7 Å². The lowest BCUT2D eigenvalue weighted by Gasteiger charge is -2.22. The van der Waals surface area contributed by atoms with Crippen molar-refractivity contribution in [1.82, 2.24) is 10.6 Å². The largest absolute Gasteiger partial charge is 0.352 e. The Labute approximate surface area is 137 Å². The van der Waals surface area contributed by atoms with Gasteiger partial charge in [0.05, 0.1) is 0 Å². The van der Waals surface area contributed by atoms with Gasteiger partial charge in [0.25, 0.3) is 5.91 Å². The highest BCUT2D eigenvalue weighted by atomic mass is 35.5. The standard InChI is InChI=1S/C17H25ClN2O2/c1-5-12(4)19-17(22)15(10-11(2)3)20-16(21)13-6-8-14(18)9-7-13/h6-9,11-12,15H,5,10H2,1-4H3,(H,19,22)(H,20,21). The van der Waals surface area contributed by atoms with E-state index in [0.717, 1.165) is 6.42 Å². The summed E-state index contributed by atoms with van der Waals surface area (Å²) >= 11 is 5.82. The highest BCUT2D eigenvalue weighted by Crippen LogP contribution is 2.11. The van der Waals surface area contributed by atoms with Crippen molar-refractivity contribution in [2.24, 2.45) is 5.92 Å².